The van der Waals surface area contributed by atoms with Crippen LogP contribution in [0.5, 0.6) is 0 Å². The number of piperazine rings is 1. The highest BCUT2D eigenvalue weighted by Crippen LogP contribution is 2.32. The monoisotopic (exact) mass is 299 g/mol. The molecule has 22 heavy (non-hydrogen) atoms. The van der Waals surface area contributed by atoms with Crippen molar-refractivity contribution in [3.8, 4) is 6.07 Å². The Morgan fingerprint density at radius 3 is 2.77 bits per heavy atom. The Hall–Kier alpha value is -2.13. The molecule has 1 N–H and O–H groups in total. The molecule has 1 aromatic rings. The first-order valence-corrected chi connectivity index (χ1v) is 7.77. The van der Waals surface area contributed by atoms with E-state index in [2.05, 4.69) is 33.2 Å². The quantitative estimate of drug-likeness (QED) is 0.893. The predicted molar refractivity (Wildman–Crippen MR) is 83.5 cm³/mol. The van der Waals surface area contributed by atoms with Crippen LogP contribution in [0, 0.1) is 17.2 Å². The fourth-order valence-corrected chi connectivity index (χ4v) is 2.68. The van der Waals surface area contributed by atoms with Crippen LogP contribution in [0.4, 0.5) is 5.82 Å². The number of nitriles is 1. The molecule has 0 spiro atoms. The van der Waals surface area contributed by atoms with Crippen LogP contribution >= 0.6 is 0 Å². The van der Waals surface area contributed by atoms with Crippen LogP contribution in [0.25, 0.3) is 0 Å². The van der Waals surface area contributed by atoms with E-state index >= 15 is 0 Å². The molecule has 2 fully saturated rings. The first kappa shape index (κ1) is 14.8. The summed E-state index contributed by atoms with van der Waals surface area (Å²) in [5.74, 6) is 0.977. The number of pyridine rings is 1. The van der Waals surface area contributed by atoms with Crippen molar-refractivity contribution in [2.75, 3.05) is 38.1 Å². The van der Waals surface area contributed by atoms with Crippen molar-refractivity contribution >= 4 is 11.7 Å². The second-order valence-electron chi connectivity index (χ2n) is 6.11. The van der Waals surface area contributed by atoms with Crippen LogP contribution in [0.3, 0.4) is 0 Å². The maximum Gasteiger partial charge on any atom is 0.252 e. The van der Waals surface area contributed by atoms with Crippen molar-refractivity contribution in [2.24, 2.45) is 5.92 Å². The predicted octanol–water partition coefficient (Wildman–Crippen LogP) is 0.865. The smallest absolute Gasteiger partial charge is 0.252 e. The summed E-state index contributed by atoms with van der Waals surface area (Å²) in [4.78, 5) is 21.2. The zero-order valence-electron chi connectivity index (χ0n) is 12.8. The largest absolute Gasteiger partial charge is 0.354 e. The lowest BCUT2D eigenvalue weighted by Gasteiger charge is -2.33. The average Bonchev–Trinajstić information content (AvgIpc) is 3.38. The van der Waals surface area contributed by atoms with Crippen molar-refractivity contribution in [3.63, 3.8) is 0 Å². The normalized spacial score (nSPS) is 20.3. The summed E-state index contributed by atoms with van der Waals surface area (Å²) < 4.78 is 0. The minimum Gasteiger partial charge on any atom is -0.354 e. The maximum absolute atomic E-state index is 12.3. The van der Waals surface area contributed by atoms with Crippen LogP contribution < -0.4 is 10.2 Å². The lowest BCUT2D eigenvalue weighted by molar-refractivity contribution is 0.0942. The van der Waals surface area contributed by atoms with Gasteiger partial charge in [0.15, 0.2) is 0 Å². The van der Waals surface area contributed by atoms with E-state index in [1.807, 2.05) is 6.07 Å². The molecular formula is C16H21N5O. The van der Waals surface area contributed by atoms with E-state index in [4.69, 9.17) is 5.26 Å². The molecule has 6 nitrogen and oxygen atoms in total. The summed E-state index contributed by atoms with van der Waals surface area (Å²) in [5.41, 5.74) is 0.574. The molecule has 1 amide bonds. The second kappa shape index (κ2) is 6.32. The lowest BCUT2D eigenvalue weighted by atomic mass is 10.1. The molecule has 1 aliphatic carbocycles. The molecule has 1 saturated heterocycles. The summed E-state index contributed by atoms with van der Waals surface area (Å²) in [7, 11) is 2.11. The summed E-state index contributed by atoms with van der Waals surface area (Å²) in [6.07, 6.45) is 3.73. The van der Waals surface area contributed by atoms with Crippen LogP contribution in [-0.2, 0) is 0 Å². The summed E-state index contributed by atoms with van der Waals surface area (Å²) >= 11 is 0. The average molecular weight is 299 g/mol. The van der Waals surface area contributed by atoms with Gasteiger partial charge in [-0.1, -0.05) is 0 Å². The van der Waals surface area contributed by atoms with Crippen LogP contribution in [0.1, 0.15) is 23.2 Å². The number of likely N-dealkylation sites (N-methyl/N-ethyl adjacent to an activating group) is 1. The van der Waals surface area contributed by atoms with Gasteiger partial charge < -0.3 is 15.1 Å². The van der Waals surface area contributed by atoms with E-state index in [9.17, 15) is 4.79 Å². The Bertz CT molecular complexity index is 584. The van der Waals surface area contributed by atoms with E-state index in [1.165, 1.54) is 0 Å². The minimum atomic E-state index is -0.368. The Morgan fingerprint density at radius 1 is 1.41 bits per heavy atom. The van der Waals surface area contributed by atoms with Gasteiger partial charge in [0.05, 0.1) is 6.07 Å². The highest BCUT2D eigenvalue weighted by atomic mass is 16.1. The molecule has 1 unspecified atom stereocenters. The van der Waals surface area contributed by atoms with E-state index in [1.54, 1.807) is 12.3 Å². The Morgan fingerprint density at radius 2 is 2.14 bits per heavy atom. The van der Waals surface area contributed by atoms with Crippen molar-refractivity contribution < 1.29 is 4.79 Å². The van der Waals surface area contributed by atoms with Crippen LogP contribution in [0.15, 0.2) is 18.3 Å². The van der Waals surface area contributed by atoms with Crippen molar-refractivity contribution in [2.45, 2.75) is 18.9 Å². The molecule has 0 aromatic carbocycles. The van der Waals surface area contributed by atoms with Gasteiger partial charge >= 0.3 is 0 Å². The zero-order valence-corrected chi connectivity index (χ0v) is 12.8. The number of nitrogens with one attached hydrogen (secondary N) is 1. The van der Waals surface area contributed by atoms with Crippen molar-refractivity contribution in [3.05, 3.63) is 23.9 Å². The maximum atomic E-state index is 12.3. The molecular weight excluding hydrogens is 278 g/mol. The molecule has 0 bridgehead atoms. The third kappa shape index (κ3) is 3.37. The Kier molecular flexibility index (Phi) is 4.25. The third-order valence-electron chi connectivity index (χ3n) is 4.35. The number of carbonyl (C=O) groups excluding carboxylic acids is 1. The number of nitrogens with zero attached hydrogens (tertiary/aromatic N) is 4. The number of hydrogen-bond acceptors (Lipinski definition) is 5. The van der Waals surface area contributed by atoms with Gasteiger partial charge in [0, 0.05) is 37.9 Å². The third-order valence-corrected chi connectivity index (χ3v) is 4.35. The number of anilines is 1. The zero-order chi connectivity index (χ0) is 15.5. The molecule has 2 aliphatic rings. The molecule has 2 heterocycles. The molecule has 1 saturated carbocycles. The fourth-order valence-electron chi connectivity index (χ4n) is 2.68. The first-order chi connectivity index (χ1) is 10.7. The second-order valence-corrected chi connectivity index (χ2v) is 6.11. The van der Waals surface area contributed by atoms with E-state index in [0.29, 0.717) is 11.5 Å². The molecule has 1 aliphatic heterocycles. The van der Waals surface area contributed by atoms with Gasteiger partial charge in [0.25, 0.3) is 5.91 Å². The molecule has 0 radical (unpaired) electrons. The first-order valence-electron chi connectivity index (χ1n) is 7.77. The van der Waals surface area contributed by atoms with Gasteiger partial charge in [0.2, 0.25) is 0 Å². The SMILES string of the molecule is CN1CCN(c2cc(C(=O)NC(C#N)C3CC3)ccn2)CC1. The number of carbonyl (C=O) groups is 1. The number of hydrogen-bond donors (Lipinski definition) is 1. The minimum absolute atomic E-state index is 0.184. The van der Waals surface area contributed by atoms with E-state index in [0.717, 1.165) is 44.8 Å². The van der Waals surface area contributed by atoms with Crippen molar-refractivity contribution in [1.82, 2.24) is 15.2 Å². The van der Waals surface area contributed by atoms with Gasteiger partial charge in [-0.15, -0.1) is 0 Å². The van der Waals surface area contributed by atoms with Gasteiger partial charge in [-0.25, -0.2) is 4.98 Å². The lowest BCUT2D eigenvalue weighted by Crippen LogP contribution is -2.45. The summed E-state index contributed by atoms with van der Waals surface area (Å²) in [6.45, 7) is 3.82. The van der Waals surface area contributed by atoms with Crippen LogP contribution in [-0.4, -0.2) is 55.1 Å². The molecule has 116 valence electrons. The van der Waals surface area contributed by atoms with Gasteiger partial charge in [-0.05, 0) is 37.9 Å². The number of amides is 1. The number of rotatable bonds is 4. The number of aromatic nitrogens is 1. The molecule has 3 rings (SSSR count). The van der Waals surface area contributed by atoms with Gasteiger partial charge in [-0.2, -0.15) is 5.26 Å². The van der Waals surface area contributed by atoms with Crippen molar-refractivity contribution in [1.29, 1.82) is 5.26 Å². The standard InChI is InChI=1S/C16H21N5O/c1-20-6-8-21(9-7-20)15-10-13(4-5-18-15)16(22)19-14(11-17)12-2-3-12/h4-5,10,12,14H,2-3,6-9H2,1H3,(H,19,22). The summed E-state index contributed by atoms with van der Waals surface area (Å²) in [6, 6.07) is 5.34. The Labute approximate surface area is 130 Å². The topological polar surface area (TPSA) is 72.3 Å². The molecule has 6 heteroatoms. The van der Waals surface area contributed by atoms with E-state index < -0.39 is 0 Å². The van der Waals surface area contributed by atoms with E-state index in [-0.39, 0.29) is 11.9 Å². The summed E-state index contributed by atoms with van der Waals surface area (Å²) in [5, 5.41) is 12.0. The molecule has 1 atom stereocenters. The fraction of sp³-hybridized carbons (Fsp3) is 0.562. The highest BCUT2D eigenvalue weighted by molar-refractivity contribution is 5.95. The van der Waals surface area contributed by atoms with Gasteiger partial charge in [0.1, 0.15) is 11.9 Å². The van der Waals surface area contributed by atoms with Crippen LogP contribution in [0.2, 0.25) is 0 Å². The van der Waals surface area contributed by atoms with Gasteiger partial charge in [-0.3, -0.25) is 4.79 Å². The Balaban J connectivity index is 1.68. The molecule has 1 aromatic heterocycles. The highest BCUT2D eigenvalue weighted by Gasteiger charge is 2.32.